The molecule has 0 fully saturated rings. The van der Waals surface area contributed by atoms with Gasteiger partial charge in [-0.15, -0.1) is 0 Å². The maximum Gasteiger partial charge on any atom is 0.255 e. The number of hydrogen-bond acceptors (Lipinski definition) is 2. The van der Waals surface area contributed by atoms with Crippen LogP contribution in [-0.4, -0.2) is 5.91 Å². The molecule has 132 valence electrons. The molecule has 3 nitrogen and oxygen atoms in total. The number of benzene rings is 3. The summed E-state index contributed by atoms with van der Waals surface area (Å²) < 4.78 is 5.71. The van der Waals surface area contributed by atoms with Crippen LogP contribution < -0.4 is 10.1 Å². The first-order valence-corrected chi connectivity index (χ1v) is 8.90. The van der Waals surface area contributed by atoms with E-state index in [0.717, 1.165) is 29.0 Å². The van der Waals surface area contributed by atoms with E-state index in [1.165, 1.54) is 0 Å². The molecular weight excluding hydrogens is 346 g/mol. The van der Waals surface area contributed by atoms with E-state index in [4.69, 9.17) is 16.3 Å². The maximum atomic E-state index is 12.4. The van der Waals surface area contributed by atoms with E-state index >= 15 is 0 Å². The van der Waals surface area contributed by atoms with Gasteiger partial charge in [-0.3, -0.25) is 4.79 Å². The zero-order chi connectivity index (χ0) is 18.4. The fourth-order valence-electron chi connectivity index (χ4n) is 2.59. The smallest absolute Gasteiger partial charge is 0.255 e. The molecule has 0 radical (unpaired) electrons. The van der Waals surface area contributed by atoms with E-state index in [-0.39, 0.29) is 5.91 Å². The molecular formula is C22H20ClNO2. The third-order valence-electron chi connectivity index (χ3n) is 4.08. The summed E-state index contributed by atoms with van der Waals surface area (Å²) in [5.41, 5.74) is 3.58. The monoisotopic (exact) mass is 365 g/mol. The van der Waals surface area contributed by atoms with Crippen LogP contribution in [0.1, 0.15) is 28.4 Å². The van der Waals surface area contributed by atoms with Crippen LogP contribution in [0.3, 0.4) is 0 Å². The molecule has 0 aliphatic rings. The van der Waals surface area contributed by atoms with Crippen LogP contribution in [0.2, 0.25) is 5.02 Å². The first kappa shape index (κ1) is 18.0. The number of amides is 1. The Bertz CT molecular complexity index is 873. The standard InChI is InChI=1S/C22H20ClNO2/c1-2-17-5-3-4-6-21(17)24-22(25)18-9-7-16(8-10-18)15-26-20-13-11-19(23)12-14-20/h3-14H,2,15H2,1H3,(H,24,25). The molecule has 0 heterocycles. The van der Waals surface area contributed by atoms with Crippen molar-refractivity contribution in [3.8, 4) is 5.75 Å². The second-order valence-corrected chi connectivity index (χ2v) is 6.34. The Labute approximate surface area is 158 Å². The van der Waals surface area contributed by atoms with Crippen molar-refractivity contribution in [3.63, 3.8) is 0 Å². The molecule has 0 saturated carbocycles. The average molecular weight is 366 g/mol. The minimum absolute atomic E-state index is 0.115. The lowest BCUT2D eigenvalue weighted by molar-refractivity contribution is 0.102. The number of para-hydroxylation sites is 1. The summed E-state index contributed by atoms with van der Waals surface area (Å²) in [4.78, 5) is 12.4. The van der Waals surface area contributed by atoms with Crippen LogP contribution in [0.5, 0.6) is 5.75 Å². The van der Waals surface area contributed by atoms with Gasteiger partial charge >= 0.3 is 0 Å². The Kier molecular flexibility index (Phi) is 5.92. The molecule has 3 aromatic rings. The van der Waals surface area contributed by atoms with Crippen molar-refractivity contribution in [1.82, 2.24) is 0 Å². The molecule has 0 aliphatic heterocycles. The van der Waals surface area contributed by atoms with Crippen molar-refractivity contribution in [2.24, 2.45) is 0 Å². The molecule has 1 amide bonds. The third-order valence-corrected chi connectivity index (χ3v) is 4.33. The lowest BCUT2D eigenvalue weighted by Crippen LogP contribution is -2.13. The Morgan fingerprint density at radius 2 is 1.65 bits per heavy atom. The number of anilines is 1. The van der Waals surface area contributed by atoms with E-state index in [1.54, 1.807) is 12.1 Å². The number of halogens is 1. The zero-order valence-corrected chi connectivity index (χ0v) is 15.3. The molecule has 26 heavy (non-hydrogen) atoms. The van der Waals surface area contributed by atoms with Gasteiger partial charge in [-0.1, -0.05) is 48.9 Å². The van der Waals surface area contributed by atoms with E-state index in [2.05, 4.69) is 12.2 Å². The summed E-state index contributed by atoms with van der Waals surface area (Å²) in [6.45, 7) is 2.50. The van der Waals surface area contributed by atoms with Crippen molar-refractivity contribution in [2.75, 3.05) is 5.32 Å². The Morgan fingerprint density at radius 1 is 0.962 bits per heavy atom. The first-order valence-electron chi connectivity index (χ1n) is 8.52. The fraction of sp³-hybridized carbons (Fsp3) is 0.136. The van der Waals surface area contributed by atoms with Crippen molar-refractivity contribution < 1.29 is 9.53 Å². The van der Waals surface area contributed by atoms with Gasteiger partial charge in [0, 0.05) is 16.3 Å². The molecule has 3 rings (SSSR count). The highest BCUT2D eigenvalue weighted by molar-refractivity contribution is 6.30. The Morgan fingerprint density at radius 3 is 2.35 bits per heavy atom. The van der Waals surface area contributed by atoms with Gasteiger partial charge in [0.05, 0.1) is 0 Å². The van der Waals surface area contributed by atoms with Gasteiger partial charge in [0.25, 0.3) is 5.91 Å². The molecule has 4 heteroatoms. The van der Waals surface area contributed by atoms with Crippen LogP contribution >= 0.6 is 11.6 Å². The fourth-order valence-corrected chi connectivity index (χ4v) is 2.72. The number of hydrogen-bond donors (Lipinski definition) is 1. The number of aryl methyl sites for hydroxylation is 1. The Balaban J connectivity index is 1.61. The average Bonchev–Trinajstić information content (AvgIpc) is 2.68. The summed E-state index contributed by atoms with van der Waals surface area (Å²) >= 11 is 5.86. The van der Waals surface area contributed by atoms with Crippen molar-refractivity contribution in [3.05, 3.63) is 94.5 Å². The minimum atomic E-state index is -0.115. The maximum absolute atomic E-state index is 12.4. The number of carbonyl (C=O) groups is 1. The van der Waals surface area contributed by atoms with Crippen LogP contribution in [0, 0.1) is 0 Å². The van der Waals surface area contributed by atoms with Crippen LogP contribution in [0.4, 0.5) is 5.69 Å². The van der Waals surface area contributed by atoms with Gasteiger partial charge < -0.3 is 10.1 Å². The molecule has 0 atom stereocenters. The van der Waals surface area contributed by atoms with Crippen LogP contribution in [0.15, 0.2) is 72.8 Å². The lowest BCUT2D eigenvalue weighted by Gasteiger charge is -2.10. The van der Waals surface area contributed by atoms with Crippen LogP contribution in [-0.2, 0) is 13.0 Å². The van der Waals surface area contributed by atoms with Crippen LogP contribution in [0.25, 0.3) is 0 Å². The summed E-state index contributed by atoms with van der Waals surface area (Å²) in [5.74, 6) is 0.642. The minimum Gasteiger partial charge on any atom is -0.489 e. The van der Waals surface area contributed by atoms with E-state index < -0.39 is 0 Å². The zero-order valence-electron chi connectivity index (χ0n) is 14.5. The predicted molar refractivity (Wildman–Crippen MR) is 106 cm³/mol. The quantitative estimate of drug-likeness (QED) is 0.605. The second kappa shape index (κ2) is 8.54. The van der Waals surface area contributed by atoms with Crippen molar-refractivity contribution in [2.45, 2.75) is 20.0 Å². The number of nitrogens with one attached hydrogen (secondary N) is 1. The molecule has 0 unspecified atom stereocenters. The predicted octanol–water partition coefficient (Wildman–Crippen LogP) is 5.73. The van der Waals surface area contributed by atoms with E-state index in [9.17, 15) is 4.79 Å². The molecule has 0 bridgehead atoms. The van der Waals surface area contributed by atoms with Gasteiger partial charge in [0.15, 0.2) is 0 Å². The number of ether oxygens (including phenoxy) is 1. The number of carbonyl (C=O) groups excluding carboxylic acids is 1. The summed E-state index contributed by atoms with van der Waals surface area (Å²) in [7, 11) is 0. The van der Waals surface area contributed by atoms with Crippen molar-refractivity contribution >= 4 is 23.2 Å². The normalized spacial score (nSPS) is 10.4. The summed E-state index contributed by atoms with van der Waals surface area (Å²) in [6, 6.07) is 22.5. The molecule has 3 aromatic carbocycles. The molecule has 0 spiro atoms. The summed E-state index contributed by atoms with van der Waals surface area (Å²) in [6.07, 6.45) is 0.872. The van der Waals surface area contributed by atoms with Gasteiger partial charge in [0.1, 0.15) is 12.4 Å². The topological polar surface area (TPSA) is 38.3 Å². The SMILES string of the molecule is CCc1ccccc1NC(=O)c1ccc(COc2ccc(Cl)cc2)cc1. The van der Waals surface area contributed by atoms with Gasteiger partial charge in [-0.25, -0.2) is 0 Å². The highest BCUT2D eigenvalue weighted by Gasteiger charge is 2.08. The largest absolute Gasteiger partial charge is 0.489 e. The molecule has 1 N–H and O–H groups in total. The summed E-state index contributed by atoms with van der Waals surface area (Å²) in [5, 5.41) is 3.66. The third kappa shape index (κ3) is 4.64. The first-order chi connectivity index (χ1) is 12.7. The van der Waals surface area contributed by atoms with Gasteiger partial charge in [-0.05, 0) is 60.0 Å². The van der Waals surface area contributed by atoms with Gasteiger partial charge in [0.2, 0.25) is 0 Å². The molecule has 0 saturated heterocycles. The lowest BCUT2D eigenvalue weighted by atomic mass is 10.1. The van der Waals surface area contributed by atoms with Crippen molar-refractivity contribution in [1.29, 1.82) is 0 Å². The van der Waals surface area contributed by atoms with E-state index in [1.807, 2.05) is 60.7 Å². The second-order valence-electron chi connectivity index (χ2n) is 5.90. The van der Waals surface area contributed by atoms with Gasteiger partial charge in [-0.2, -0.15) is 0 Å². The Hall–Kier alpha value is -2.78. The molecule has 0 aromatic heterocycles. The number of rotatable bonds is 6. The van der Waals surface area contributed by atoms with E-state index in [0.29, 0.717) is 17.2 Å². The highest BCUT2D eigenvalue weighted by Crippen LogP contribution is 2.18. The highest BCUT2D eigenvalue weighted by atomic mass is 35.5. The molecule has 0 aliphatic carbocycles.